The Hall–Kier alpha value is 0.0569. The average molecular weight is 263 g/mol. The van der Waals surface area contributed by atoms with E-state index < -0.39 is 8.80 Å². The Morgan fingerprint density at radius 1 is 0.941 bits per heavy atom. The van der Waals surface area contributed by atoms with E-state index in [1.165, 1.54) is 25.7 Å². The summed E-state index contributed by atoms with van der Waals surface area (Å²) < 4.78 is 16.4. The molecule has 4 nitrogen and oxygen atoms in total. The SMILES string of the molecule is CCCCN(CCCC)CO[Si](C)(OC)OC. The van der Waals surface area contributed by atoms with Crippen LogP contribution < -0.4 is 0 Å². The van der Waals surface area contributed by atoms with Gasteiger partial charge in [-0.25, -0.2) is 0 Å². The maximum Gasteiger partial charge on any atom is 0.498 e. The monoisotopic (exact) mass is 263 g/mol. The van der Waals surface area contributed by atoms with Crippen LogP contribution in [0.2, 0.25) is 6.55 Å². The van der Waals surface area contributed by atoms with Crippen molar-refractivity contribution in [1.29, 1.82) is 0 Å². The molecule has 0 rings (SSSR count). The van der Waals surface area contributed by atoms with Gasteiger partial charge in [0.2, 0.25) is 0 Å². The first-order valence-electron chi connectivity index (χ1n) is 6.58. The molecule has 0 aliphatic heterocycles. The van der Waals surface area contributed by atoms with Gasteiger partial charge < -0.3 is 13.3 Å². The third-order valence-corrected chi connectivity index (χ3v) is 5.04. The lowest BCUT2D eigenvalue weighted by atomic mass is 10.3. The minimum atomic E-state index is -2.38. The van der Waals surface area contributed by atoms with Crippen LogP contribution >= 0.6 is 0 Å². The van der Waals surface area contributed by atoms with Crippen LogP contribution in [0.15, 0.2) is 0 Å². The molecule has 0 heterocycles. The van der Waals surface area contributed by atoms with Crippen LogP contribution in [0.3, 0.4) is 0 Å². The topological polar surface area (TPSA) is 30.9 Å². The van der Waals surface area contributed by atoms with Crippen molar-refractivity contribution in [3.8, 4) is 0 Å². The lowest BCUT2D eigenvalue weighted by Crippen LogP contribution is -2.44. The minimum absolute atomic E-state index is 0.615. The molecule has 0 aliphatic rings. The average Bonchev–Trinajstić information content (AvgIpc) is 2.37. The third-order valence-electron chi connectivity index (χ3n) is 2.91. The molecule has 104 valence electrons. The highest BCUT2D eigenvalue weighted by atomic mass is 28.4. The van der Waals surface area contributed by atoms with E-state index in [9.17, 15) is 0 Å². The highest BCUT2D eigenvalue weighted by Crippen LogP contribution is 2.08. The fraction of sp³-hybridized carbons (Fsp3) is 1.00. The van der Waals surface area contributed by atoms with Crippen molar-refractivity contribution in [1.82, 2.24) is 4.90 Å². The summed E-state index contributed by atoms with van der Waals surface area (Å²) >= 11 is 0. The van der Waals surface area contributed by atoms with Gasteiger partial charge in [-0.3, -0.25) is 4.90 Å². The summed E-state index contributed by atoms with van der Waals surface area (Å²) in [6.07, 6.45) is 4.86. The summed E-state index contributed by atoms with van der Waals surface area (Å²) in [6.45, 7) is 9.14. The van der Waals surface area contributed by atoms with E-state index in [0.717, 1.165) is 13.1 Å². The van der Waals surface area contributed by atoms with Gasteiger partial charge >= 0.3 is 8.80 Å². The van der Waals surface area contributed by atoms with Crippen LogP contribution in [0.5, 0.6) is 0 Å². The van der Waals surface area contributed by atoms with E-state index in [1.807, 2.05) is 6.55 Å². The molecule has 0 amide bonds. The smallest absolute Gasteiger partial charge is 0.377 e. The Labute approximate surface area is 108 Å². The lowest BCUT2D eigenvalue weighted by molar-refractivity contribution is 0.0404. The summed E-state index contributed by atoms with van der Waals surface area (Å²) in [5.41, 5.74) is 0. The Balaban J connectivity index is 4.03. The van der Waals surface area contributed by atoms with Gasteiger partial charge in [0.05, 0.1) is 6.73 Å². The van der Waals surface area contributed by atoms with Crippen LogP contribution in [-0.4, -0.2) is 47.7 Å². The lowest BCUT2D eigenvalue weighted by Gasteiger charge is -2.28. The summed E-state index contributed by atoms with van der Waals surface area (Å²) in [4.78, 5) is 2.34. The highest BCUT2D eigenvalue weighted by molar-refractivity contribution is 6.59. The second-order valence-electron chi connectivity index (χ2n) is 4.37. The van der Waals surface area contributed by atoms with Crippen molar-refractivity contribution in [3.63, 3.8) is 0 Å². The number of hydrogen-bond donors (Lipinski definition) is 0. The van der Waals surface area contributed by atoms with Gasteiger partial charge in [-0.15, -0.1) is 0 Å². The van der Waals surface area contributed by atoms with E-state index in [0.29, 0.717) is 6.73 Å². The van der Waals surface area contributed by atoms with E-state index >= 15 is 0 Å². The van der Waals surface area contributed by atoms with Crippen LogP contribution in [-0.2, 0) is 13.3 Å². The second kappa shape index (κ2) is 10.0. The zero-order valence-corrected chi connectivity index (χ0v) is 13.1. The molecular formula is C12H29NO3Si. The van der Waals surface area contributed by atoms with Crippen LogP contribution in [0.4, 0.5) is 0 Å². The highest BCUT2D eigenvalue weighted by Gasteiger charge is 2.32. The Morgan fingerprint density at radius 2 is 1.41 bits per heavy atom. The van der Waals surface area contributed by atoms with Crippen molar-refractivity contribution in [3.05, 3.63) is 0 Å². The van der Waals surface area contributed by atoms with Crippen LogP contribution in [0, 0.1) is 0 Å². The Bertz CT molecular complexity index is 169. The molecule has 0 aromatic rings. The van der Waals surface area contributed by atoms with Gasteiger partial charge in [0.25, 0.3) is 0 Å². The van der Waals surface area contributed by atoms with Crippen molar-refractivity contribution >= 4 is 8.80 Å². The maximum atomic E-state index is 5.80. The van der Waals surface area contributed by atoms with Gasteiger partial charge in [0, 0.05) is 33.9 Å². The number of hydrogen-bond acceptors (Lipinski definition) is 4. The van der Waals surface area contributed by atoms with E-state index in [-0.39, 0.29) is 0 Å². The summed E-state index contributed by atoms with van der Waals surface area (Å²) in [5, 5.41) is 0. The molecule has 5 heteroatoms. The third kappa shape index (κ3) is 7.89. The fourth-order valence-electron chi connectivity index (χ4n) is 1.41. The molecule has 0 aromatic heterocycles. The molecule has 0 bridgehead atoms. The molecule has 0 aromatic carbocycles. The summed E-state index contributed by atoms with van der Waals surface area (Å²) in [5.74, 6) is 0. The molecule has 0 radical (unpaired) electrons. The minimum Gasteiger partial charge on any atom is -0.377 e. The maximum absolute atomic E-state index is 5.80. The van der Waals surface area contributed by atoms with Crippen LogP contribution in [0.25, 0.3) is 0 Å². The van der Waals surface area contributed by atoms with Crippen molar-refractivity contribution in [2.45, 2.75) is 46.1 Å². The summed E-state index contributed by atoms with van der Waals surface area (Å²) in [6, 6.07) is 0. The largest absolute Gasteiger partial charge is 0.498 e. The molecule has 0 atom stereocenters. The van der Waals surface area contributed by atoms with Crippen molar-refractivity contribution in [2.75, 3.05) is 34.0 Å². The Kier molecular flexibility index (Phi) is 10.1. The Morgan fingerprint density at radius 3 is 1.76 bits per heavy atom. The predicted octanol–water partition coefficient (Wildman–Crippen LogP) is 2.72. The first-order valence-corrected chi connectivity index (χ1v) is 8.81. The molecule has 0 spiro atoms. The first kappa shape index (κ1) is 17.1. The quantitative estimate of drug-likeness (QED) is 0.424. The van der Waals surface area contributed by atoms with Gasteiger partial charge in [0.1, 0.15) is 0 Å². The molecule has 0 aliphatic carbocycles. The normalized spacial score (nSPS) is 12.4. The molecule has 0 saturated heterocycles. The number of unbranched alkanes of at least 4 members (excludes halogenated alkanes) is 2. The summed E-state index contributed by atoms with van der Waals surface area (Å²) in [7, 11) is 0.922. The van der Waals surface area contributed by atoms with Gasteiger partial charge in [0.15, 0.2) is 0 Å². The number of rotatable bonds is 11. The zero-order valence-electron chi connectivity index (χ0n) is 12.1. The zero-order chi connectivity index (χ0) is 13.1. The number of nitrogens with zero attached hydrogens (tertiary/aromatic N) is 1. The van der Waals surface area contributed by atoms with Crippen molar-refractivity contribution < 1.29 is 13.3 Å². The molecule has 17 heavy (non-hydrogen) atoms. The first-order chi connectivity index (χ1) is 8.11. The van der Waals surface area contributed by atoms with E-state index in [2.05, 4.69) is 18.7 Å². The standard InChI is InChI=1S/C12H29NO3Si/c1-6-8-10-13(11-9-7-2)12-16-17(5,14-3)15-4/h6-12H2,1-5H3. The molecule has 0 unspecified atom stereocenters. The molecule has 0 saturated carbocycles. The molecule has 0 N–H and O–H groups in total. The fourth-order valence-corrected chi connectivity index (χ4v) is 2.23. The van der Waals surface area contributed by atoms with Crippen molar-refractivity contribution in [2.24, 2.45) is 0 Å². The van der Waals surface area contributed by atoms with Gasteiger partial charge in [-0.1, -0.05) is 26.7 Å². The van der Waals surface area contributed by atoms with Crippen LogP contribution in [0.1, 0.15) is 39.5 Å². The van der Waals surface area contributed by atoms with E-state index in [1.54, 1.807) is 14.2 Å². The second-order valence-corrected chi connectivity index (χ2v) is 7.20. The van der Waals surface area contributed by atoms with Gasteiger partial charge in [-0.05, 0) is 12.8 Å². The van der Waals surface area contributed by atoms with Gasteiger partial charge in [-0.2, -0.15) is 0 Å². The van der Waals surface area contributed by atoms with E-state index in [4.69, 9.17) is 13.3 Å². The molecule has 0 fully saturated rings. The predicted molar refractivity (Wildman–Crippen MR) is 73.0 cm³/mol. The molecular weight excluding hydrogens is 234 g/mol.